The number of nitrogens with zero attached hydrogens (tertiary/aromatic N) is 2. The molecule has 162 valence electrons. The first kappa shape index (κ1) is 25.6. The summed E-state index contributed by atoms with van der Waals surface area (Å²) < 4.78 is 32.3. The number of hydrogen-bond acceptors (Lipinski definition) is 4. The molecule has 1 atom stereocenters. The summed E-state index contributed by atoms with van der Waals surface area (Å²) >= 11 is 0. The molecule has 1 saturated heterocycles. The Balaban J connectivity index is 0.000000306. The van der Waals surface area contributed by atoms with Crippen molar-refractivity contribution >= 4 is 22.5 Å². The van der Waals surface area contributed by atoms with Crippen molar-refractivity contribution in [1.29, 1.82) is 0 Å². The maximum atomic E-state index is 10.4. The van der Waals surface area contributed by atoms with E-state index in [0.717, 1.165) is 16.6 Å². The van der Waals surface area contributed by atoms with E-state index in [0.29, 0.717) is 5.41 Å². The van der Waals surface area contributed by atoms with Crippen molar-refractivity contribution in [2.45, 2.75) is 23.7 Å². The molecule has 0 N–H and O–H groups in total. The van der Waals surface area contributed by atoms with Crippen LogP contribution in [0.3, 0.4) is 0 Å². The van der Waals surface area contributed by atoms with E-state index in [1.54, 1.807) is 12.1 Å². The van der Waals surface area contributed by atoms with Gasteiger partial charge in [-0.15, -0.1) is 12.4 Å². The van der Waals surface area contributed by atoms with Gasteiger partial charge in [0.1, 0.15) is 10.1 Å². The van der Waals surface area contributed by atoms with Crippen LogP contribution in [0.5, 0.6) is 0 Å². The third-order valence-electron chi connectivity index (χ3n) is 5.24. The number of likely N-dealkylation sites (N-methyl/N-ethyl adjacent to an activating group) is 2. The lowest BCUT2D eigenvalue weighted by Gasteiger charge is -2.33. The number of quaternary nitrogens is 1. The second-order valence-electron chi connectivity index (χ2n) is 8.72. The van der Waals surface area contributed by atoms with E-state index in [9.17, 15) is 13.0 Å². The van der Waals surface area contributed by atoms with Crippen LogP contribution in [0.15, 0.2) is 59.5 Å². The van der Waals surface area contributed by atoms with Crippen molar-refractivity contribution < 1.29 is 17.5 Å². The van der Waals surface area contributed by atoms with E-state index >= 15 is 0 Å². The maximum Gasteiger partial charge on any atom is 0.124 e. The van der Waals surface area contributed by atoms with Gasteiger partial charge in [0.15, 0.2) is 0 Å². The largest absolute Gasteiger partial charge is 0.744 e. The Hall–Kier alpha value is -1.44. The van der Waals surface area contributed by atoms with Crippen LogP contribution < -0.4 is 0 Å². The number of benzene rings is 2. The summed E-state index contributed by atoms with van der Waals surface area (Å²) in [6.45, 7) is 5.50. The van der Waals surface area contributed by atoms with Gasteiger partial charge in [0, 0.05) is 13.0 Å². The third-order valence-corrected chi connectivity index (χ3v) is 6.09. The molecule has 1 aliphatic heterocycles. The fourth-order valence-electron chi connectivity index (χ4n) is 4.05. The topological polar surface area (TPSA) is 60.4 Å². The van der Waals surface area contributed by atoms with Crippen molar-refractivity contribution in [1.82, 2.24) is 4.90 Å². The summed E-state index contributed by atoms with van der Waals surface area (Å²) in [6, 6.07) is 16.8. The highest BCUT2D eigenvalue weighted by atomic mass is 35.5. The minimum Gasteiger partial charge on any atom is -0.744 e. The van der Waals surface area contributed by atoms with Gasteiger partial charge in [0.25, 0.3) is 0 Å². The summed E-state index contributed by atoms with van der Waals surface area (Å²) in [4.78, 5) is 2.15. The summed E-state index contributed by atoms with van der Waals surface area (Å²) in [5.41, 5.74) is 2.78. The first-order valence-corrected chi connectivity index (χ1v) is 10.9. The molecule has 0 bridgehead atoms. The molecule has 29 heavy (non-hydrogen) atoms. The Bertz CT molecular complexity index is 869. The van der Waals surface area contributed by atoms with Crippen molar-refractivity contribution in [2.24, 2.45) is 0 Å². The lowest BCUT2D eigenvalue weighted by atomic mass is 9.79. The van der Waals surface area contributed by atoms with Crippen LogP contribution in [-0.4, -0.2) is 70.2 Å². The average molecular weight is 441 g/mol. The highest BCUT2D eigenvalue weighted by Crippen LogP contribution is 2.37. The lowest BCUT2D eigenvalue weighted by molar-refractivity contribution is -0.879. The number of likely N-dealkylation sites (tertiary alicyclic amines) is 1. The van der Waals surface area contributed by atoms with Crippen LogP contribution in [0.1, 0.15) is 17.5 Å². The van der Waals surface area contributed by atoms with Crippen molar-refractivity contribution in [3.63, 3.8) is 0 Å². The smallest absolute Gasteiger partial charge is 0.124 e. The fraction of sp³-hybridized carbons (Fsp3) is 0.455. The quantitative estimate of drug-likeness (QED) is 0.540. The van der Waals surface area contributed by atoms with Crippen molar-refractivity contribution in [3.8, 4) is 0 Å². The van der Waals surface area contributed by atoms with Crippen molar-refractivity contribution in [3.05, 3.63) is 65.7 Å². The highest BCUT2D eigenvalue weighted by molar-refractivity contribution is 7.85. The van der Waals surface area contributed by atoms with Crippen molar-refractivity contribution in [2.75, 3.05) is 47.8 Å². The maximum absolute atomic E-state index is 10.4. The molecule has 0 radical (unpaired) electrons. The van der Waals surface area contributed by atoms with Gasteiger partial charge >= 0.3 is 0 Å². The first-order chi connectivity index (χ1) is 12.9. The van der Waals surface area contributed by atoms with Crippen LogP contribution in [0.4, 0.5) is 0 Å². The zero-order chi connectivity index (χ0) is 21.0. The predicted octanol–water partition coefficient (Wildman–Crippen LogP) is 3.29. The summed E-state index contributed by atoms with van der Waals surface area (Å²) in [7, 11) is 4.79. The standard InChI is InChI=1S/C15H25N2.C7H8O3S.ClH/c1-16(2)12-15(10-11-17(3,4)13-15)14-8-6-5-7-9-14;1-6-2-4-7(5-3-6)11(8,9)10;/h5-9H,10-13H2,1-4H3;2-5H,1H3,(H,8,9,10);1H/q+1;;/p-1. The van der Waals surface area contributed by atoms with Crippen LogP contribution in [-0.2, 0) is 15.5 Å². The van der Waals surface area contributed by atoms with Gasteiger partial charge in [-0.1, -0.05) is 48.0 Å². The first-order valence-electron chi connectivity index (χ1n) is 9.48. The van der Waals surface area contributed by atoms with Gasteiger partial charge < -0.3 is 13.9 Å². The Kier molecular flexibility index (Phi) is 8.87. The molecule has 0 spiro atoms. The molecule has 7 heteroatoms. The van der Waals surface area contributed by atoms with E-state index in [4.69, 9.17) is 0 Å². The Morgan fingerprint density at radius 3 is 2.00 bits per heavy atom. The van der Waals surface area contributed by atoms with E-state index in [1.807, 2.05) is 6.92 Å². The molecular weight excluding hydrogens is 408 g/mol. The molecule has 0 saturated carbocycles. The molecule has 2 aromatic rings. The molecule has 1 unspecified atom stereocenters. The number of rotatable bonds is 4. The Morgan fingerprint density at radius 1 is 1.03 bits per heavy atom. The molecule has 1 aliphatic rings. The van der Waals surface area contributed by atoms with E-state index in [-0.39, 0.29) is 17.3 Å². The molecule has 5 nitrogen and oxygen atoms in total. The van der Waals surface area contributed by atoms with E-state index in [2.05, 4.69) is 63.4 Å². The SMILES string of the molecule is CN(C)CC1(c2ccccc2)CC[N+](C)(C)C1.Cc1ccc(S(=O)(=O)[O-])cc1.Cl. The predicted molar refractivity (Wildman–Crippen MR) is 120 cm³/mol. The summed E-state index contributed by atoms with van der Waals surface area (Å²) in [5.74, 6) is 0. The van der Waals surface area contributed by atoms with Gasteiger partial charge in [-0.25, -0.2) is 8.42 Å². The zero-order valence-corrected chi connectivity index (χ0v) is 19.6. The third kappa shape index (κ3) is 7.39. The van der Waals surface area contributed by atoms with Gasteiger partial charge in [0.05, 0.1) is 37.5 Å². The molecule has 0 amide bonds. The molecule has 3 rings (SSSR count). The summed E-state index contributed by atoms with van der Waals surface area (Å²) in [6.07, 6.45) is 1.29. The molecule has 1 fully saturated rings. The second kappa shape index (κ2) is 10.0. The Morgan fingerprint density at radius 2 is 1.59 bits per heavy atom. The molecule has 1 heterocycles. The number of hydrogen-bond donors (Lipinski definition) is 0. The molecule has 0 aromatic heterocycles. The molecular formula is C22H33ClN2O3S. The number of aryl methyl sites for hydroxylation is 1. The second-order valence-corrected chi connectivity index (χ2v) is 10.1. The van der Waals surface area contributed by atoms with Gasteiger partial charge in [0.2, 0.25) is 0 Å². The van der Waals surface area contributed by atoms with Crippen LogP contribution >= 0.6 is 12.4 Å². The van der Waals surface area contributed by atoms with Gasteiger partial charge in [-0.3, -0.25) is 0 Å². The average Bonchev–Trinajstić information content (AvgIpc) is 2.91. The Labute approximate surface area is 182 Å². The fourth-order valence-corrected chi connectivity index (χ4v) is 4.52. The van der Waals surface area contributed by atoms with Crippen LogP contribution in [0.25, 0.3) is 0 Å². The lowest BCUT2D eigenvalue weighted by Crippen LogP contribution is -2.45. The van der Waals surface area contributed by atoms with Gasteiger partial charge in [-0.05, 0) is 38.7 Å². The zero-order valence-electron chi connectivity index (χ0n) is 18.0. The molecule has 0 aliphatic carbocycles. The minimum absolute atomic E-state index is 0. The van der Waals surface area contributed by atoms with Crippen LogP contribution in [0, 0.1) is 6.92 Å². The summed E-state index contributed by atoms with van der Waals surface area (Å²) in [5, 5.41) is 0. The highest BCUT2D eigenvalue weighted by Gasteiger charge is 2.45. The van der Waals surface area contributed by atoms with Gasteiger partial charge in [-0.2, -0.15) is 0 Å². The minimum atomic E-state index is -4.27. The molecule has 2 aromatic carbocycles. The van der Waals surface area contributed by atoms with E-state index < -0.39 is 10.1 Å². The number of halogens is 1. The van der Waals surface area contributed by atoms with E-state index in [1.165, 1.54) is 37.2 Å². The van der Waals surface area contributed by atoms with Crippen LogP contribution in [0.2, 0.25) is 0 Å². The normalized spacial score (nSPS) is 20.5. The monoisotopic (exact) mass is 440 g/mol.